The number of rotatable bonds is 6. The SMILES string of the molecule is COc1cc(O[C@@H]2CCN(Cc3cnc(NC(C)=O)s3)C2)ncn1. The Hall–Kier alpha value is -2.26. The van der Waals surface area contributed by atoms with Crippen LogP contribution in [0.1, 0.15) is 18.2 Å². The Morgan fingerprint density at radius 3 is 3.04 bits per heavy atom. The molecule has 1 atom stereocenters. The molecule has 1 N–H and O–H groups in total. The van der Waals surface area contributed by atoms with Gasteiger partial charge in [-0.1, -0.05) is 0 Å². The van der Waals surface area contributed by atoms with Crippen LogP contribution in [0, 0.1) is 0 Å². The Balaban J connectivity index is 1.51. The van der Waals surface area contributed by atoms with Crippen molar-refractivity contribution in [3.05, 3.63) is 23.5 Å². The fraction of sp³-hybridized carbons (Fsp3) is 0.467. The van der Waals surface area contributed by atoms with Gasteiger partial charge in [0.1, 0.15) is 12.4 Å². The molecule has 0 saturated carbocycles. The second-order valence-electron chi connectivity index (χ2n) is 5.48. The summed E-state index contributed by atoms with van der Waals surface area (Å²) < 4.78 is 11.0. The molecule has 0 aliphatic carbocycles. The van der Waals surface area contributed by atoms with Gasteiger partial charge in [-0.05, 0) is 6.42 Å². The van der Waals surface area contributed by atoms with Crippen LogP contribution in [0.4, 0.5) is 5.13 Å². The van der Waals surface area contributed by atoms with E-state index in [2.05, 4.69) is 25.2 Å². The predicted molar refractivity (Wildman–Crippen MR) is 89.3 cm³/mol. The molecule has 2 aromatic heterocycles. The number of nitrogens with zero attached hydrogens (tertiary/aromatic N) is 4. The number of hydrogen-bond acceptors (Lipinski definition) is 8. The number of aromatic nitrogens is 3. The second-order valence-corrected chi connectivity index (χ2v) is 6.59. The molecule has 1 amide bonds. The molecule has 0 radical (unpaired) electrons. The number of likely N-dealkylation sites (tertiary alicyclic amines) is 1. The van der Waals surface area contributed by atoms with Gasteiger partial charge >= 0.3 is 0 Å². The zero-order valence-electron chi connectivity index (χ0n) is 13.6. The molecule has 3 heterocycles. The van der Waals surface area contributed by atoms with Crippen molar-refractivity contribution >= 4 is 22.4 Å². The molecule has 1 saturated heterocycles. The van der Waals surface area contributed by atoms with Gasteiger partial charge in [0.25, 0.3) is 0 Å². The average molecular weight is 349 g/mol. The summed E-state index contributed by atoms with van der Waals surface area (Å²) in [6.07, 6.45) is 4.26. The summed E-state index contributed by atoms with van der Waals surface area (Å²) in [5.74, 6) is 0.912. The first-order valence-electron chi connectivity index (χ1n) is 7.59. The standard InChI is InChI=1S/C15H19N5O3S/c1-10(21)19-15-16-6-12(24-15)8-20-4-3-11(7-20)23-14-5-13(22-2)17-9-18-14/h5-6,9,11H,3-4,7-8H2,1-2H3,(H,16,19,21)/t11-/m1/s1. The van der Waals surface area contributed by atoms with Crippen LogP contribution >= 0.6 is 11.3 Å². The summed E-state index contributed by atoms with van der Waals surface area (Å²) in [7, 11) is 1.56. The Bertz CT molecular complexity index is 708. The number of thiazole rings is 1. The predicted octanol–water partition coefficient (Wildman–Crippen LogP) is 1.55. The Labute approximate surface area is 143 Å². The zero-order chi connectivity index (χ0) is 16.9. The van der Waals surface area contributed by atoms with Crippen LogP contribution < -0.4 is 14.8 Å². The number of anilines is 1. The van der Waals surface area contributed by atoms with Gasteiger partial charge in [-0.25, -0.2) is 15.0 Å². The van der Waals surface area contributed by atoms with Crippen molar-refractivity contribution in [1.29, 1.82) is 0 Å². The minimum absolute atomic E-state index is 0.0901. The lowest BCUT2D eigenvalue weighted by atomic mass is 10.3. The van der Waals surface area contributed by atoms with Crippen molar-refractivity contribution in [2.75, 3.05) is 25.5 Å². The van der Waals surface area contributed by atoms with E-state index in [1.54, 1.807) is 19.4 Å². The normalized spacial score (nSPS) is 17.7. The Morgan fingerprint density at radius 2 is 2.25 bits per heavy atom. The van der Waals surface area contributed by atoms with E-state index in [1.807, 2.05) is 0 Å². The van der Waals surface area contributed by atoms with Gasteiger partial charge in [-0.2, -0.15) is 0 Å². The first kappa shape index (κ1) is 16.6. The molecule has 8 nitrogen and oxygen atoms in total. The van der Waals surface area contributed by atoms with Crippen molar-refractivity contribution in [2.24, 2.45) is 0 Å². The quantitative estimate of drug-likeness (QED) is 0.846. The van der Waals surface area contributed by atoms with Crippen molar-refractivity contribution in [3.8, 4) is 11.8 Å². The highest BCUT2D eigenvalue weighted by Gasteiger charge is 2.25. The van der Waals surface area contributed by atoms with Gasteiger partial charge in [0.2, 0.25) is 17.7 Å². The third kappa shape index (κ3) is 4.39. The third-order valence-electron chi connectivity index (χ3n) is 3.56. The number of carbonyl (C=O) groups is 1. The van der Waals surface area contributed by atoms with Crippen LogP contribution in [0.2, 0.25) is 0 Å². The van der Waals surface area contributed by atoms with Crippen LogP contribution in [0.25, 0.3) is 0 Å². The van der Waals surface area contributed by atoms with E-state index in [0.717, 1.165) is 30.9 Å². The minimum atomic E-state index is -0.106. The molecule has 128 valence electrons. The van der Waals surface area contributed by atoms with Gasteiger partial charge in [-0.3, -0.25) is 9.69 Å². The second kappa shape index (κ2) is 7.54. The van der Waals surface area contributed by atoms with Crippen LogP contribution in [-0.4, -0.2) is 52.1 Å². The smallest absolute Gasteiger partial charge is 0.223 e. The number of carbonyl (C=O) groups excluding carboxylic acids is 1. The lowest BCUT2D eigenvalue weighted by molar-refractivity contribution is -0.114. The number of amides is 1. The minimum Gasteiger partial charge on any atom is -0.481 e. The maximum atomic E-state index is 11.0. The molecule has 0 aromatic carbocycles. The largest absolute Gasteiger partial charge is 0.481 e. The maximum absolute atomic E-state index is 11.0. The molecule has 1 aliphatic rings. The van der Waals surface area contributed by atoms with Crippen LogP contribution in [0.15, 0.2) is 18.6 Å². The number of methoxy groups -OCH3 is 1. The molecular formula is C15H19N5O3S. The molecule has 0 spiro atoms. The van der Waals surface area contributed by atoms with Gasteiger partial charge < -0.3 is 14.8 Å². The Morgan fingerprint density at radius 1 is 1.42 bits per heavy atom. The van der Waals surface area contributed by atoms with Gasteiger partial charge in [0.15, 0.2) is 5.13 Å². The molecule has 1 fully saturated rings. The number of nitrogens with one attached hydrogen (secondary N) is 1. The fourth-order valence-electron chi connectivity index (χ4n) is 2.52. The van der Waals surface area contributed by atoms with E-state index in [0.29, 0.717) is 16.9 Å². The number of ether oxygens (including phenoxy) is 2. The molecule has 0 bridgehead atoms. The molecule has 1 aliphatic heterocycles. The van der Waals surface area contributed by atoms with E-state index in [1.165, 1.54) is 24.6 Å². The van der Waals surface area contributed by atoms with E-state index in [-0.39, 0.29) is 12.0 Å². The van der Waals surface area contributed by atoms with Crippen LogP contribution in [0.5, 0.6) is 11.8 Å². The highest BCUT2D eigenvalue weighted by atomic mass is 32.1. The fourth-order valence-corrected chi connectivity index (χ4v) is 3.42. The highest BCUT2D eigenvalue weighted by Crippen LogP contribution is 2.23. The topological polar surface area (TPSA) is 89.5 Å². The molecule has 0 unspecified atom stereocenters. The van der Waals surface area contributed by atoms with E-state index in [4.69, 9.17) is 9.47 Å². The van der Waals surface area contributed by atoms with Crippen molar-refractivity contribution < 1.29 is 14.3 Å². The third-order valence-corrected chi connectivity index (χ3v) is 4.46. The van der Waals surface area contributed by atoms with Crippen LogP contribution in [-0.2, 0) is 11.3 Å². The van der Waals surface area contributed by atoms with Gasteiger partial charge in [-0.15, -0.1) is 11.3 Å². The lowest BCUT2D eigenvalue weighted by Gasteiger charge is -2.15. The van der Waals surface area contributed by atoms with Gasteiger partial charge in [0.05, 0.1) is 13.2 Å². The van der Waals surface area contributed by atoms with Crippen molar-refractivity contribution in [3.63, 3.8) is 0 Å². The average Bonchev–Trinajstić information content (AvgIpc) is 3.17. The highest BCUT2D eigenvalue weighted by molar-refractivity contribution is 7.15. The summed E-state index contributed by atoms with van der Waals surface area (Å²) in [6.45, 7) is 4.04. The molecular weight excluding hydrogens is 330 g/mol. The van der Waals surface area contributed by atoms with E-state index < -0.39 is 0 Å². The lowest BCUT2D eigenvalue weighted by Crippen LogP contribution is -2.24. The van der Waals surface area contributed by atoms with E-state index >= 15 is 0 Å². The maximum Gasteiger partial charge on any atom is 0.223 e. The molecule has 2 aromatic rings. The van der Waals surface area contributed by atoms with E-state index in [9.17, 15) is 4.79 Å². The van der Waals surface area contributed by atoms with Crippen molar-refractivity contribution in [2.45, 2.75) is 26.0 Å². The summed E-state index contributed by atoms with van der Waals surface area (Å²) in [6, 6.07) is 1.69. The van der Waals surface area contributed by atoms with Crippen molar-refractivity contribution in [1.82, 2.24) is 19.9 Å². The summed E-state index contributed by atoms with van der Waals surface area (Å²) in [5, 5.41) is 3.34. The zero-order valence-corrected chi connectivity index (χ0v) is 14.4. The molecule has 9 heteroatoms. The summed E-state index contributed by atoms with van der Waals surface area (Å²) >= 11 is 1.50. The first-order chi connectivity index (χ1) is 11.6. The Kier molecular flexibility index (Phi) is 5.21. The molecule has 3 rings (SSSR count). The first-order valence-corrected chi connectivity index (χ1v) is 8.41. The van der Waals surface area contributed by atoms with Crippen LogP contribution in [0.3, 0.4) is 0 Å². The summed E-state index contributed by atoms with van der Waals surface area (Å²) in [5.41, 5.74) is 0. The van der Waals surface area contributed by atoms with Gasteiger partial charge in [0, 0.05) is 37.6 Å². The molecule has 24 heavy (non-hydrogen) atoms. The summed E-state index contributed by atoms with van der Waals surface area (Å²) in [4.78, 5) is 26.7. The monoisotopic (exact) mass is 349 g/mol. The number of hydrogen-bond donors (Lipinski definition) is 1.